The molecule has 0 heterocycles. The van der Waals surface area contributed by atoms with Crippen LogP contribution in [-0.4, -0.2) is 29.8 Å². The van der Waals surface area contributed by atoms with E-state index in [-0.39, 0.29) is 13.0 Å². The number of hydrogen-bond acceptors (Lipinski definition) is 3. The molecule has 5 N–H and O–H groups in total. The Kier molecular flexibility index (Phi) is 3.90. The molecule has 5 heteroatoms. The van der Waals surface area contributed by atoms with Crippen LogP contribution >= 0.6 is 0 Å². The lowest BCUT2D eigenvalue weighted by atomic mass is 10.1. The van der Waals surface area contributed by atoms with E-state index in [1.165, 1.54) is 0 Å². The first kappa shape index (κ1) is 9.32. The van der Waals surface area contributed by atoms with Crippen LogP contribution in [0, 0.1) is 0 Å². The van der Waals surface area contributed by atoms with E-state index in [4.69, 9.17) is 16.6 Å². The monoisotopic (exact) mass is 150 g/mol. The van der Waals surface area contributed by atoms with Crippen molar-refractivity contribution in [3.05, 3.63) is 0 Å². The molecule has 0 bridgehead atoms. The normalized spacial score (nSPS) is 16.3. The number of carboxylic acid groups (broad SMARTS) is 1. The summed E-state index contributed by atoms with van der Waals surface area (Å²) in [7, 11) is 0. The Hall–Kier alpha value is -0.680. The zero-order valence-electron chi connectivity index (χ0n) is 5.46. The lowest BCUT2D eigenvalue weighted by Gasteiger charge is -2.07. The summed E-state index contributed by atoms with van der Waals surface area (Å²) >= 11 is 0. The molecule has 10 heavy (non-hydrogen) atoms. The van der Waals surface area contributed by atoms with Gasteiger partial charge in [-0.25, -0.2) is 4.39 Å². The summed E-state index contributed by atoms with van der Waals surface area (Å²) in [6, 6.07) is -1.14. The Morgan fingerprint density at radius 2 is 2.20 bits per heavy atom. The Balaban J connectivity index is 3.56. The van der Waals surface area contributed by atoms with Gasteiger partial charge in [-0.05, 0) is 0 Å². The highest BCUT2D eigenvalue weighted by Crippen LogP contribution is 1.98. The van der Waals surface area contributed by atoms with E-state index in [1.54, 1.807) is 0 Å². The van der Waals surface area contributed by atoms with E-state index in [2.05, 4.69) is 0 Å². The molecule has 0 fully saturated rings. The molecule has 0 aromatic heterocycles. The summed E-state index contributed by atoms with van der Waals surface area (Å²) in [6.07, 6.45) is -1.53. The standard InChI is InChI=1S/C5H11FN2O2/c6-3(2-7)1-4(8)5(9)10/h3-4H,1-2,7-8H2,(H,9,10). The Morgan fingerprint density at radius 1 is 1.70 bits per heavy atom. The van der Waals surface area contributed by atoms with Crippen molar-refractivity contribution in [3.63, 3.8) is 0 Å². The van der Waals surface area contributed by atoms with Crippen LogP contribution in [0.15, 0.2) is 0 Å². The molecular formula is C5H11FN2O2. The lowest BCUT2D eigenvalue weighted by molar-refractivity contribution is -0.139. The van der Waals surface area contributed by atoms with Gasteiger partial charge in [0.1, 0.15) is 12.2 Å². The zero-order chi connectivity index (χ0) is 8.15. The van der Waals surface area contributed by atoms with Gasteiger partial charge in [0.2, 0.25) is 0 Å². The van der Waals surface area contributed by atoms with Crippen LogP contribution in [0.1, 0.15) is 6.42 Å². The van der Waals surface area contributed by atoms with Gasteiger partial charge in [-0.15, -0.1) is 0 Å². The molecule has 0 rings (SSSR count). The summed E-state index contributed by atoms with van der Waals surface area (Å²) in [5.41, 5.74) is 9.89. The first-order chi connectivity index (χ1) is 4.57. The van der Waals surface area contributed by atoms with Gasteiger partial charge in [0.15, 0.2) is 0 Å². The maximum absolute atomic E-state index is 12.3. The van der Waals surface area contributed by atoms with Crippen LogP contribution in [0.5, 0.6) is 0 Å². The predicted molar refractivity (Wildman–Crippen MR) is 34.2 cm³/mol. The van der Waals surface area contributed by atoms with Crippen molar-refractivity contribution in [2.75, 3.05) is 6.54 Å². The molecule has 0 aromatic carbocycles. The third-order valence-corrected chi connectivity index (χ3v) is 1.08. The van der Waals surface area contributed by atoms with E-state index in [0.717, 1.165) is 0 Å². The van der Waals surface area contributed by atoms with Crippen LogP contribution in [-0.2, 0) is 4.79 Å². The largest absolute Gasteiger partial charge is 0.480 e. The molecule has 0 spiro atoms. The summed E-state index contributed by atoms with van der Waals surface area (Å²) in [5.74, 6) is -1.20. The van der Waals surface area contributed by atoms with Crippen molar-refractivity contribution in [2.24, 2.45) is 11.5 Å². The third kappa shape index (κ3) is 3.37. The summed E-state index contributed by atoms with van der Waals surface area (Å²) in [6.45, 7) is -0.180. The fraction of sp³-hybridized carbons (Fsp3) is 0.800. The summed E-state index contributed by atoms with van der Waals surface area (Å²) in [4.78, 5) is 10.0. The van der Waals surface area contributed by atoms with Crippen molar-refractivity contribution in [3.8, 4) is 0 Å². The van der Waals surface area contributed by atoms with Gasteiger partial charge in [-0.2, -0.15) is 0 Å². The molecule has 60 valence electrons. The predicted octanol–water partition coefficient (Wildman–Crippen LogP) is -0.915. The van der Waals surface area contributed by atoms with Crippen molar-refractivity contribution in [2.45, 2.75) is 18.6 Å². The fourth-order valence-electron chi connectivity index (χ4n) is 0.473. The molecule has 0 amide bonds. The van der Waals surface area contributed by atoms with Gasteiger partial charge in [0.05, 0.1) is 0 Å². The van der Waals surface area contributed by atoms with Crippen molar-refractivity contribution in [1.29, 1.82) is 0 Å². The maximum atomic E-state index is 12.3. The number of aliphatic carboxylic acids is 1. The quantitative estimate of drug-likeness (QED) is 0.483. The van der Waals surface area contributed by atoms with Crippen LogP contribution in [0.3, 0.4) is 0 Å². The van der Waals surface area contributed by atoms with Crippen LogP contribution < -0.4 is 11.5 Å². The van der Waals surface area contributed by atoms with Gasteiger partial charge in [-0.1, -0.05) is 0 Å². The molecule has 0 saturated heterocycles. The second-order valence-corrected chi connectivity index (χ2v) is 2.01. The lowest BCUT2D eigenvalue weighted by Crippen LogP contribution is -2.34. The van der Waals surface area contributed by atoms with Gasteiger partial charge in [0.25, 0.3) is 0 Å². The molecule has 4 nitrogen and oxygen atoms in total. The number of nitrogens with two attached hydrogens (primary N) is 2. The first-order valence-electron chi connectivity index (χ1n) is 2.90. The molecule has 2 atom stereocenters. The van der Waals surface area contributed by atoms with E-state index >= 15 is 0 Å². The van der Waals surface area contributed by atoms with Gasteiger partial charge >= 0.3 is 5.97 Å². The number of rotatable bonds is 4. The fourth-order valence-corrected chi connectivity index (χ4v) is 0.473. The highest BCUT2D eigenvalue weighted by molar-refractivity contribution is 5.73. The number of alkyl halides is 1. The highest BCUT2D eigenvalue weighted by atomic mass is 19.1. The average molecular weight is 150 g/mol. The molecule has 0 aliphatic carbocycles. The highest BCUT2D eigenvalue weighted by Gasteiger charge is 2.16. The number of hydrogen-bond donors (Lipinski definition) is 3. The van der Waals surface area contributed by atoms with Crippen molar-refractivity contribution < 1.29 is 14.3 Å². The third-order valence-electron chi connectivity index (χ3n) is 1.08. The van der Waals surface area contributed by atoms with Crippen LogP contribution in [0.4, 0.5) is 4.39 Å². The first-order valence-corrected chi connectivity index (χ1v) is 2.90. The Bertz CT molecular complexity index is 120. The second kappa shape index (κ2) is 4.19. The smallest absolute Gasteiger partial charge is 0.320 e. The summed E-state index contributed by atoms with van der Waals surface area (Å²) < 4.78 is 12.3. The Labute approximate surface area is 58.0 Å². The molecule has 0 aromatic rings. The van der Waals surface area contributed by atoms with Crippen molar-refractivity contribution >= 4 is 5.97 Å². The van der Waals surface area contributed by atoms with Gasteiger partial charge in [-0.3, -0.25) is 4.79 Å². The minimum absolute atomic E-state index is 0.180. The van der Waals surface area contributed by atoms with E-state index < -0.39 is 18.2 Å². The second-order valence-electron chi connectivity index (χ2n) is 2.01. The molecular weight excluding hydrogens is 139 g/mol. The molecule has 2 unspecified atom stereocenters. The van der Waals surface area contributed by atoms with Crippen molar-refractivity contribution in [1.82, 2.24) is 0 Å². The SMILES string of the molecule is NCC(F)CC(N)C(=O)O. The number of halogens is 1. The minimum atomic E-state index is -1.31. The van der Waals surface area contributed by atoms with Crippen LogP contribution in [0.2, 0.25) is 0 Å². The van der Waals surface area contributed by atoms with E-state index in [1.807, 2.05) is 0 Å². The topological polar surface area (TPSA) is 89.3 Å². The number of carboxylic acids is 1. The van der Waals surface area contributed by atoms with E-state index in [9.17, 15) is 9.18 Å². The molecule has 0 aliphatic rings. The Morgan fingerprint density at radius 3 is 2.50 bits per heavy atom. The van der Waals surface area contributed by atoms with Gasteiger partial charge in [0, 0.05) is 13.0 Å². The van der Waals surface area contributed by atoms with Crippen LogP contribution in [0.25, 0.3) is 0 Å². The van der Waals surface area contributed by atoms with Gasteiger partial charge < -0.3 is 16.6 Å². The maximum Gasteiger partial charge on any atom is 0.320 e. The molecule has 0 radical (unpaired) electrons. The average Bonchev–Trinajstić information content (AvgIpc) is 1.87. The zero-order valence-corrected chi connectivity index (χ0v) is 5.46. The minimum Gasteiger partial charge on any atom is -0.480 e. The summed E-state index contributed by atoms with van der Waals surface area (Å²) in [5, 5.41) is 8.19. The number of carbonyl (C=O) groups is 1. The molecule has 0 aliphatic heterocycles. The molecule has 0 saturated carbocycles. The van der Waals surface area contributed by atoms with E-state index in [0.29, 0.717) is 0 Å².